The van der Waals surface area contributed by atoms with E-state index in [2.05, 4.69) is 35.9 Å². The molecule has 0 saturated carbocycles. The molecule has 0 spiro atoms. The highest BCUT2D eigenvalue weighted by Crippen LogP contribution is 2.18. The van der Waals surface area contributed by atoms with Gasteiger partial charge in [0.2, 0.25) is 5.91 Å². The number of aromatic nitrogens is 2. The van der Waals surface area contributed by atoms with Crippen molar-refractivity contribution in [2.45, 2.75) is 18.7 Å². The van der Waals surface area contributed by atoms with E-state index in [4.69, 9.17) is 0 Å². The van der Waals surface area contributed by atoms with Crippen molar-refractivity contribution in [3.05, 3.63) is 82.2 Å². The third-order valence-electron chi connectivity index (χ3n) is 3.91. The second-order valence-corrected chi connectivity index (χ2v) is 9.05. The van der Waals surface area contributed by atoms with Crippen molar-refractivity contribution in [1.29, 1.82) is 0 Å². The molecule has 0 saturated heterocycles. The summed E-state index contributed by atoms with van der Waals surface area (Å²) in [4.78, 5) is 20.4. The van der Waals surface area contributed by atoms with Crippen molar-refractivity contribution in [1.82, 2.24) is 9.97 Å². The van der Waals surface area contributed by atoms with Crippen LogP contribution in [0, 0.1) is 13.8 Å². The number of amides is 1. The maximum absolute atomic E-state index is 12.6. The number of nitrogens with zero attached hydrogens (tertiary/aromatic N) is 2. The van der Waals surface area contributed by atoms with E-state index in [9.17, 15) is 13.2 Å². The summed E-state index contributed by atoms with van der Waals surface area (Å²) in [5.74, 6) is 0.354. The molecule has 7 nitrogen and oxygen atoms in total. The van der Waals surface area contributed by atoms with Crippen LogP contribution >= 0.6 is 15.9 Å². The number of rotatable bonds is 6. The SMILES string of the molecule is Cc1cc(NS(=O)(=O)c2ccc(NC(=O)/C=C/c3cccc(Br)c3)cc2)nc(C)n1. The first-order valence-corrected chi connectivity index (χ1v) is 11.2. The lowest BCUT2D eigenvalue weighted by Gasteiger charge is -2.09. The molecule has 0 aliphatic heterocycles. The van der Waals surface area contributed by atoms with Gasteiger partial charge < -0.3 is 5.32 Å². The van der Waals surface area contributed by atoms with Crippen molar-refractivity contribution < 1.29 is 13.2 Å². The highest BCUT2D eigenvalue weighted by Gasteiger charge is 2.15. The molecule has 1 heterocycles. The average molecular weight is 487 g/mol. The van der Waals surface area contributed by atoms with Crippen molar-refractivity contribution in [3.63, 3.8) is 0 Å². The van der Waals surface area contributed by atoms with Gasteiger partial charge in [0.15, 0.2) is 0 Å². The number of anilines is 2. The fraction of sp³-hybridized carbons (Fsp3) is 0.0952. The molecule has 154 valence electrons. The highest BCUT2D eigenvalue weighted by atomic mass is 79.9. The minimum atomic E-state index is -3.81. The minimum absolute atomic E-state index is 0.0547. The molecule has 2 aromatic carbocycles. The third-order valence-corrected chi connectivity index (χ3v) is 5.78. The summed E-state index contributed by atoms with van der Waals surface area (Å²) in [6.45, 7) is 3.45. The number of benzene rings is 2. The van der Waals surface area contributed by atoms with E-state index >= 15 is 0 Å². The fourth-order valence-corrected chi connectivity index (χ4v) is 4.06. The number of sulfonamides is 1. The molecule has 0 atom stereocenters. The molecule has 30 heavy (non-hydrogen) atoms. The zero-order chi connectivity index (χ0) is 21.7. The fourth-order valence-electron chi connectivity index (χ4n) is 2.65. The van der Waals surface area contributed by atoms with Gasteiger partial charge in [0, 0.05) is 28.0 Å². The Hall–Kier alpha value is -3.04. The van der Waals surface area contributed by atoms with Crippen LogP contribution in [0.2, 0.25) is 0 Å². The topological polar surface area (TPSA) is 101 Å². The maximum atomic E-state index is 12.6. The Labute approximate surface area is 183 Å². The second kappa shape index (κ2) is 9.19. The van der Waals surface area contributed by atoms with Crippen LogP contribution in [-0.4, -0.2) is 24.3 Å². The van der Waals surface area contributed by atoms with Crippen molar-refractivity contribution in [2.75, 3.05) is 10.0 Å². The third kappa shape index (κ3) is 5.98. The van der Waals surface area contributed by atoms with Gasteiger partial charge in [-0.25, -0.2) is 18.4 Å². The number of carbonyl (C=O) groups excluding carboxylic acids is 1. The average Bonchev–Trinajstić information content (AvgIpc) is 2.66. The molecular formula is C21H19BrN4O3S. The molecule has 0 unspecified atom stereocenters. The quantitative estimate of drug-likeness (QED) is 0.505. The van der Waals surface area contributed by atoms with E-state index in [-0.39, 0.29) is 16.6 Å². The van der Waals surface area contributed by atoms with Gasteiger partial charge in [0.05, 0.1) is 4.90 Å². The molecular weight excluding hydrogens is 468 g/mol. The lowest BCUT2D eigenvalue weighted by molar-refractivity contribution is -0.111. The van der Waals surface area contributed by atoms with Crippen LogP contribution in [-0.2, 0) is 14.8 Å². The summed E-state index contributed by atoms with van der Waals surface area (Å²) >= 11 is 3.38. The number of carbonyl (C=O) groups is 1. The number of hydrogen-bond donors (Lipinski definition) is 2. The van der Waals surface area contributed by atoms with Crippen LogP contribution in [0.3, 0.4) is 0 Å². The largest absolute Gasteiger partial charge is 0.323 e. The number of nitrogens with one attached hydrogen (secondary N) is 2. The standard InChI is InChI=1S/C21H19BrN4O3S/c1-14-12-20(24-15(2)23-14)26-30(28,29)19-9-7-18(8-10-19)25-21(27)11-6-16-4-3-5-17(22)13-16/h3-13H,1-2H3,(H,25,27)(H,23,24,26)/b11-6+. The first-order valence-electron chi connectivity index (χ1n) is 8.91. The smallest absolute Gasteiger partial charge is 0.263 e. The molecule has 2 N–H and O–H groups in total. The van der Waals surface area contributed by atoms with E-state index in [1.165, 1.54) is 30.3 Å². The zero-order valence-corrected chi connectivity index (χ0v) is 18.7. The van der Waals surface area contributed by atoms with Gasteiger partial charge >= 0.3 is 0 Å². The number of halogens is 1. The van der Waals surface area contributed by atoms with Gasteiger partial charge in [-0.05, 0) is 61.9 Å². The van der Waals surface area contributed by atoms with Crippen LogP contribution in [0.1, 0.15) is 17.1 Å². The van der Waals surface area contributed by atoms with Crippen LogP contribution in [0.5, 0.6) is 0 Å². The number of hydrogen-bond acceptors (Lipinski definition) is 5. The Morgan fingerprint density at radius 3 is 2.43 bits per heavy atom. The monoisotopic (exact) mass is 486 g/mol. The first kappa shape index (κ1) is 21.7. The summed E-state index contributed by atoms with van der Waals surface area (Å²) in [5, 5.41) is 2.70. The predicted molar refractivity (Wildman–Crippen MR) is 121 cm³/mol. The van der Waals surface area contributed by atoms with E-state index < -0.39 is 10.0 Å². The minimum Gasteiger partial charge on any atom is -0.323 e. The molecule has 3 aromatic rings. The molecule has 3 rings (SSSR count). The van der Waals surface area contributed by atoms with E-state index in [1.807, 2.05) is 24.3 Å². The molecule has 0 aliphatic rings. The lowest BCUT2D eigenvalue weighted by atomic mass is 10.2. The number of aryl methyl sites for hydroxylation is 2. The summed E-state index contributed by atoms with van der Waals surface area (Å²) in [6.07, 6.45) is 3.10. The van der Waals surface area contributed by atoms with Crippen LogP contribution in [0.15, 0.2) is 70.0 Å². The van der Waals surface area contributed by atoms with Gasteiger partial charge in [-0.2, -0.15) is 0 Å². The van der Waals surface area contributed by atoms with Crippen LogP contribution in [0.4, 0.5) is 11.5 Å². The van der Waals surface area contributed by atoms with Gasteiger partial charge in [0.1, 0.15) is 11.6 Å². The summed E-state index contributed by atoms with van der Waals surface area (Å²) in [5.41, 5.74) is 2.02. The molecule has 9 heteroatoms. The second-order valence-electron chi connectivity index (χ2n) is 6.45. The molecule has 1 amide bonds. The lowest BCUT2D eigenvalue weighted by Crippen LogP contribution is -2.15. The molecule has 0 aliphatic carbocycles. The predicted octanol–water partition coefficient (Wildman–Crippen LogP) is 4.31. The Balaban J connectivity index is 1.67. The van der Waals surface area contributed by atoms with Crippen molar-refractivity contribution in [3.8, 4) is 0 Å². The molecule has 0 fully saturated rings. The summed E-state index contributed by atoms with van der Waals surface area (Å²) < 4.78 is 28.5. The van der Waals surface area contributed by atoms with Crippen molar-refractivity contribution in [2.24, 2.45) is 0 Å². The van der Waals surface area contributed by atoms with Gasteiger partial charge in [-0.15, -0.1) is 0 Å². The first-order chi connectivity index (χ1) is 14.2. The maximum Gasteiger partial charge on any atom is 0.263 e. The normalized spacial score (nSPS) is 11.4. The van der Waals surface area contributed by atoms with Crippen LogP contribution < -0.4 is 10.0 Å². The van der Waals surface area contributed by atoms with Gasteiger partial charge in [-0.1, -0.05) is 28.1 Å². The van der Waals surface area contributed by atoms with E-state index in [0.717, 1.165) is 10.0 Å². The Bertz CT molecular complexity index is 1190. The Morgan fingerprint density at radius 1 is 1.03 bits per heavy atom. The summed E-state index contributed by atoms with van der Waals surface area (Å²) in [6, 6.07) is 15.0. The van der Waals surface area contributed by atoms with E-state index in [1.54, 1.807) is 26.0 Å². The Kier molecular flexibility index (Phi) is 6.63. The highest BCUT2D eigenvalue weighted by molar-refractivity contribution is 9.10. The van der Waals surface area contributed by atoms with Gasteiger partial charge in [-0.3, -0.25) is 9.52 Å². The van der Waals surface area contributed by atoms with E-state index in [0.29, 0.717) is 17.2 Å². The molecule has 1 aromatic heterocycles. The van der Waals surface area contributed by atoms with Gasteiger partial charge in [0.25, 0.3) is 10.0 Å². The molecule has 0 radical (unpaired) electrons. The molecule has 0 bridgehead atoms. The van der Waals surface area contributed by atoms with Crippen LogP contribution in [0.25, 0.3) is 6.08 Å². The summed E-state index contributed by atoms with van der Waals surface area (Å²) in [7, 11) is -3.81. The Morgan fingerprint density at radius 2 is 1.77 bits per heavy atom. The zero-order valence-electron chi connectivity index (χ0n) is 16.3. The van der Waals surface area contributed by atoms with Crippen molar-refractivity contribution >= 4 is 49.4 Å².